The highest BCUT2D eigenvalue weighted by Gasteiger charge is 2.56. The van der Waals surface area contributed by atoms with Gasteiger partial charge in [-0.3, -0.25) is 23.9 Å². The van der Waals surface area contributed by atoms with Crippen molar-refractivity contribution in [2.24, 2.45) is 16.7 Å². The second-order valence-corrected chi connectivity index (χ2v) is 11.2. The van der Waals surface area contributed by atoms with Crippen LogP contribution in [0.25, 0.3) is 0 Å². The molecule has 0 aromatic heterocycles. The lowest BCUT2D eigenvalue weighted by atomic mass is 9.89. The molecule has 3 amide bonds. The van der Waals surface area contributed by atoms with Gasteiger partial charge in [-0.1, -0.05) is 20.8 Å². The summed E-state index contributed by atoms with van der Waals surface area (Å²) in [5.74, 6) is -3.26. The molecular weight excluding hydrogens is 471 g/mol. The van der Waals surface area contributed by atoms with Gasteiger partial charge in [0.05, 0.1) is 6.04 Å². The molecule has 198 valence electrons. The number of amides is 3. The average molecular weight is 506 g/mol. The quantitative estimate of drug-likeness (QED) is 0.434. The van der Waals surface area contributed by atoms with Gasteiger partial charge in [0.2, 0.25) is 11.8 Å². The Balaban J connectivity index is 1.73. The molecule has 0 bridgehead atoms. The van der Waals surface area contributed by atoms with Crippen molar-refractivity contribution in [1.29, 1.82) is 0 Å². The fourth-order valence-electron chi connectivity index (χ4n) is 4.87. The molecule has 3 aliphatic rings. The van der Waals surface area contributed by atoms with Crippen LogP contribution in [0, 0.1) is 16.7 Å². The smallest absolute Gasteiger partial charge is 0.383 e. The van der Waals surface area contributed by atoms with Gasteiger partial charge in [0.15, 0.2) is 5.78 Å². The molecule has 2 aliphatic heterocycles. The second-order valence-electron chi connectivity index (χ2n) is 11.2. The molecule has 1 saturated carbocycles. The number of aliphatic hydroxyl groups is 1. The zero-order valence-electron chi connectivity index (χ0n) is 20.2. The Labute approximate surface area is 202 Å². The number of nitrogens with one attached hydrogen (secondary N) is 2. The van der Waals surface area contributed by atoms with E-state index in [4.69, 9.17) is 0 Å². The van der Waals surface area contributed by atoms with Crippen LogP contribution in [0.2, 0.25) is 0 Å². The molecule has 3 rings (SSSR count). The highest BCUT2D eigenvalue weighted by atomic mass is 19.4. The zero-order valence-corrected chi connectivity index (χ0v) is 20.2. The summed E-state index contributed by atoms with van der Waals surface area (Å²) in [5.41, 5.74) is -0.551. The van der Waals surface area contributed by atoms with Gasteiger partial charge in [-0.2, -0.15) is 0 Å². The number of carbonyl (C=O) groups excluding carboxylic acids is 4. The summed E-state index contributed by atoms with van der Waals surface area (Å²) < 4.78 is 41.1. The standard InChI is InChI=1S/C23H34F3N3O6/c1-21(2,3)10-16(30)20(34)29-12-22(5-6-22)9-15(29)19(33)28-14(8-13-4-7-27-18(13)32)17(31)11-35-23(24,25)26/h13-16,30H,4-12H2,1-3H3,(H,27,32)(H,28,33)/t13-,14-,15-,16?/m0/s1. The fourth-order valence-corrected chi connectivity index (χ4v) is 4.87. The van der Waals surface area contributed by atoms with E-state index in [1.807, 2.05) is 20.8 Å². The number of hydrogen-bond acceptors (Lipinski definition) is 6. The Hall–Kier alpha value is -2.21. The molecule has 3 N–H and O–H groups in total. The predicted octanol–water partition coefficient (Wildman–Crippen LogP) is 1.28. The van der Waals surface area contributed by atoms with Crippen molar-refractivity contribution >= 4 is 23.5 Å². The molecule has 3 fully saturated rings. The number of ketones is 1. The van der Waals surface area contributed by atoms with Crippen LogP contribution >= 0.6 is 0 Å². The van der Waals surface area contributed by atoms with Crippen LogP contribution in [0.1, 0.15) is 59.3 Å². The van der Waals surface area contributed by atoms with Crippen LogP contribution in [-0.2, 0) is 23.9 Å². The summed E-state index contributed by atoms with van der Waals surface area (Å²) in [6, 6.07) is -2.35. The molecule has 0 aromatic carbocycles. The van der Waals surface area contributed by atoms with Gasteiger partial charge in [0, 0.05) is 19.0 Å². The van der Waals surface area contributed by atoms with Crippen molar-refractivity contribution < 1.29 is 42.2 Å². The number of Topliss-reactive ketones (excluding diaryl/α,β-unsaturated/α-hetero) is 1. The summed E-state index contributed by atoms with van der Waals surface area (Å²) in [6.07, 6.45) is -3.94. The van der Waals surface area contributed by atoms with E-state index in [1.54, 1.807) is 0 Å². The summed E-state index contributed by atoms with van der Waals surface area (Å²) in [7, 11) is 0. The van der Waals surface area contributed by atoms with Crippen molar-refractivity contribution in [3.05, 3.63) is 0 Å². The molecule has 0 radical (unpaired) electrons. The molecule has 2 saturated heterocycles. The first-order valence-corrected chi connectivity index (χ1v) is 11.9. The van der Waals surface area contributed by atoms with E-state index in [0.717, 1.165) is 12.8 Å². The van der Waals surface area contributed by atoms with Crippen LogP contribution in [0.3, 0.4) is 0 Å². The predicted molar refractivity (Wildman–Crippen MR) is 117 cm³/mol. The van der Waals surface area contributed by atoms with E-state index in [1.165, 1.54) is 4.90 Å². The van der Waals surface area contributed by atoms with Gasteiger partial charge in [-0.25, -0.2) is 0 Å². The van der Waals surface area contributed by atoms with Gasteiger partial charge >= 0.3 is 6.36 Å². The molecule has 4 atom stereocenters. The number of alkyl halides is 3. The normalized spacial score (nSPS) is 25.3. The molecule has 9 nitrogen and oxygen atoms in total. The molecule has 1 unspecified atom stereocenters. The molecule has 1 spiro atoms. The molecule has 2 heterocycles. The minimum absolute atomic E-state index is 0.171. The van der Waals surface area contributed by atoms with Crippen molar-refractivity contribution in [3.63, 3.8) is 0 Å². The maximum absolute atomic E-state index is 13.3. The minimum atomic E-state index is -5.02. The number of rotatable bonds is 9. The lowest BCUT2D eigenvalue weighted by Crippen LogP contribution is -2.54. The van der Waals surface area contributed by atoms with Gasteiger partial charge in [-0.05, 0) is 49.4 Å². The topological polar surface area (TPSA) is 125 Å². The lowest BCUT2D eigenvalue weighted by molar-refractivity contribution is -0.321. The number of halogens is 3. The van der Waals surface area contributed by atoms with Crippen LogP contribution in [0.5, 0.6) is 0 Å². The summed E-state index contributed by atoms with van der Waals surface area (Å²) in [5, 5.41) is 15.6. The monoisotopic (exact) mass is 505 g/mol. The zero-order chi connectivity index (χ0) is 26.2. The van der Waals surface area contributed by atoms with Crippen molar-refractivity contribution in [3.8, 4) is 0 Å². The number of nitrogens with zero attached hydrogens (tertiary/aromatic N) is 1. The summed E-state index contributed by atoms with van der Waals surface area (Å²) in [4.78, 5) is 52.2. The number of carbonyl (C=O) groups is 4. The number of ether oxygens (including phenoxy) is 1. The maximum atomic E-state index is 13.3. The van der Waals surface area contributed by atoms with Crippen molar-refractivity contribution in [2.75, 3.05) is 19.7 Å². The van der Waals surface area contributed by atoms with E-state index < -0.39 is 54.7 Å². The van der Waals surface area contributed by atoms with Crippen LogP contribution < -0.4 is 10.6 Å². The van der Waals surface area contributed by atoms with Crippen LogP contribution in [0.15, 0.2) is 0 Å². The minimum Gasteiger partial charge on any atom is -0.383 e. The molecule has 35 heavy (non-hydrogen) atoms. The Morgan fingerprint density at radius 2 is 1.91 bits per heavy atom. The van der Waals surface area contributed by atoms with E-state index in [-0.39, 0.29) is 29.6 Å². The number of likely N-dealkylation sites (tertiary alicyclic amines) is 1. The van der Waals surface area contributed by atoms with E-state index >= 15 is 0 Å². The third-order valence-corrected chi connectivity index (χ3v) is 6.91. The van der Waals surface area contributed by atoms with Crippen molar-refractivity contribution in [1.82, 2.24) is 15.5 Å². The van der Waals surface area contributed by atoms with E-state index in [0.29, 0.717) is 25.9 Å². The van der Waals surface area contributed by atoms with E-state index in [2.05, 4.69) is 15.4 Å². The Morgan fingerprint density at radius 3 is 2.43 bits per heavy atom. The molecule has 1 aliphatic carbocycles. The summed E-state index contributed by atoms with van der Waals surface area (Å²) in [6.45, 7) is 4.99. The average Bonchev–Trinajstić information content (AvgIpc) is 3.19. The van der Waals surface area contributed by atoms with Gasteiger partial charge < -0.3 is 20.6 Å². The highest BCUT2D eigenvalue weighted by Crippen LogP contribution is 2.55. The maximum Gasteiger partial charge on any atom is 0.522 e. The van der Waals surface area contributed by atoms with Crippen molar-refractivity contribution in [2.45, 2.75) is 83.8 Å². The highest BCUT2D eigenvalue weighted by molar-refractivity contribution is 5.95. The first-order valence-electron chi connectivity index (χ1n) is 11.9. The number of aliphatic hydroxyl groups excluding tert-OH is 1. The fraction of sp³-hybridized carbons (Fsp3) is 0.826. The SMILES string of the molecule is CC(C)(C)CC(O)C(=O)N1CC2(CC2)C[C@H]1C(=O)N[C@@H](C[C@@H]1CCNC1=O)C(=O)COC(F)(F)F. The first-order chi connectivity index (χ1) is 16.1. The Kier molecular flexibility index (Phi) is 7.85. The number of hydrogen-bond donors (Lipinski definition) is 3. The third kappa shape index (κ3) is 7.39. The van der Waals surface area contributed by atoms with Crippen LogP contribution in [-0.4, -0.2) is 77.8 Å². The van der Waals surface area contributed by atoms with Crippen LogP contribution in [0.4, 0.5) is 13.2 Å². The summed E-state index contributed by atoms with van der Waals surface area (Å²) >= 11 is 0. The molecular formula is C23H34F3N3O6. The lowest BCUT2D eigenvalue weighted by Gasteiger charge is -2.30. The third-order valence-electron chi connectivity index (χ3n) is 6.91. The molecule has 12 heteroatoms. The van der Waals surface area contributed by atoms with Gasteiger partial charge in [0.25, 0.3) is 5.91 Å². The van der Waals surface area contributed by atoms with Gasteiger partial charge in [-0.15, -0.1) is 13.2 Å². The largest absolute Gasteiger partial charge is 0.522 e. The Bertz CT molecular complexity index is 852. The molecule has 0 aromatic rings. The Morgan fingerprint density at radius 1 is 1.26 bits per heavy atom. The second kappa shape index (κ2) is 10.0. The first kappa shape index (κ1) is 27.4. The van der Waals surface area contributed by atoms with E-state index in [9.17, 15) is 37.5 Å². The van der Waals surface area contributed by atoms with Gasteiger partial charge in [0.1, 0.15) is 18.8 Å².